The summed E-state index contributed by atoms with van der Waals surface area (Å²) in [6.07, 6.45) is 0. The molecule has 0 spiro atoms. The van der Waals surface area contributed by atoms with Gasteiger partial charge in [-0.25, -0.2) is 4.39 Å². The predicted molar refractivity (Wildman–Crippen MR) is 90.7 cm³/mol. The molecule has 1 amide bonds. The number of primary amides is 1. The third kappa shape index (κ3) is 2.45. The number of para-hydroxylation sites is 1. The highest BCUT2D eigenvalue weighted by Crippen LogP contribution is 2.24. The summed E-state index contributed by atoms with van der Waals surface area (Å²) >= 11 is 3.28. The van der Waals surface area contributed by atoms with Crippen LogP contribution < -0.4 is 11.3 Å². The van der Waals surface area contributed by atoms with Crippen LogP contribution in [-0.4, -0.2) is 10.5 Å². The molecule has 6 heteroatoms. The van der Waals surface area contributed by atoms with Crippen molar-refractivity contribution in [2.24, 2.45) is 5.73 Å². The van der Waals surface area contributed by atoms with E-state index >= 15 is 0 Å². The molecular formula is C17H12BrFN2O2. The number of nitrogens with zero attached hydrogens (tertiary/aromatic N) is 1. The Balaban J connectivity index is 2.57. The summed E-state index contributed by atoms with van der Waals surface area (Å²) in [6, 6.07) is 12.6. The Morgan fingerprint density at radius 3 is 2.30 bits per heavy atom. The van der Waals surface area contributed by atoms with Crippen molar-refractivity contribution >= 4 is 32.6 Å². The highest BCUT2D eigenvalue weighted by molar-refractivity contribution is 9.08. The Kier molecular flexibility index (Phi) is 4.00. The first-order valence-electron chi connectivity index (χ1n) is 6.83. The lowest BCUT2D eigenvalue weighted by Gasteiger charge is -2.17. The SMILES string of the molecule is NC(=O)c1c(CBr)n(-c2ccccc2F)c(=O)c2ccccc12. The van der Waals surface area contributed by atoms with Gasteiger partial charge in [-0.1, -0.05) is 46.3 Å². The van der Waals surface area contributed by atoms with Crippen LogP contribution in [0.15, 0.2) is 53.3 Å². The number of benzene rings is 2. The summed E-state index contributed by atoms with van der Waals surface area (Å²) in [5, 5.41) is 0.959. The molecule has 0 unspecified atom stereocenters. The van der Waals surface area contributed by atoms with Crippen LogP contribution in [0.25, 0.3) is 16.5 Å². The molecule has 3 aromatic rings. The van der Waals surface area contributed by atoms with E-state index in [1.807, 2.05) is 0 Å². The highest BCUT2D eigenvalue weighted by atomic mass is 79.9. The first-order valence-corrected chi connectivity index (χ1v) is 7.95. The Hall–Kier alpha value is -2.47. The minimum Gasteiger partial charge on any atom is -0.366 e. The van der Waals surface area contributed by atoms with E-state index in [0.717, 1.165) is 0 Å². The second-order valence-electron chi connectivity index (χ2n) is 4.96. The van der Waals surface area contributed by atoms with Gasteiger partial charge in [0.25, 0.3) is 11.5 Å². The molecule has 2 aromatic carbocycles. The van der Waals surface area contributed by atoms with Crippen molar-refractivity contribution in [2.75, 3.05) is 0 Å². The van der Waals surface area contributed by atoms with Gasteiger partial charge in [-0.3, -0.25) is 14.2 Å². The van der Waals surface area contributed by atoms with Crippen LogP contribution in [0.1, 0.15) is 16.1 Å². The van der Waals surface area contributed by atoms with E-state index < -0.39 is 17.3 Å². The smallest absolute Gasteiger partial charge is 0.263 e. The standard InChI is InChI=1S/C17H12BrFN2O2/c18-9-14-15(16(20)22)10-5-1-2-6-11(10)17(23)21(14)13-8-4-3-7-12(13)19/h1-8H,9H2,(H2,20,22). The lowest BCUT2D eigenvalue weighted by molar-refractivity contribution is 0.100. The Labute approximate surface area is 139 Å². The number of hydrogen-bond acceptors (Lipinski definition) is 2. The van der Waals surface area contributed by atoms with E-state index in [1.165, 1.54) is 22.8 Å². The molecule has 0 aliphatic heterocycles. The Morgan fingerprint density at radius 2 is 1.70 bits per heavy atom. The van der Waals surface area contributed by atoms with Crippen LogP contribution in [0.4, 0.5) is 4.39 Å². The maximum absolute atomic E-state index is 14.2. The number of fused-ring (bicyclic) bond motifs is 1. The van der Waals surface area contributed by atoms with Crippen LogP contribution in [-0.2, 0) is 5.33 Å². The number of nitrogens with two attached hydrogens (primary N) is 1. The number of rotatable bonds is 3. The summed E-state index contributed by atoms with van der Waals surface area (Å²) in [4.78, 5) is 24.8. The number of halogens is 2. The minimum atomic E-state index is -0.666. The molecule has 0 aliphatic rings. The van der Waals surface area contributed by atoms with Gasteiger partial charge in [-0.15, -0.1) is 0 Å². The van der Waals surface area contributed by atoms with Gasteiger partial charge in [0.1, 0.15) is 5.82 Å². The number of alkyl halides is 1. The summed E-state index contributed by atoms with van der Waals surface area (Å²) in [5.41, 5.74) is 5.74. The van der Waals surface area contributed by atoms with Gasteiger partial charge >= 0.3 is 0 Å². The quantitative estimate of drug-likeness (QED) is 0.715. The fourth-order valence-electron chi connectivity index (χ4n) is 2.69. The van der Waals surface area contributed by atoms with Gasteiger partial charge in [-0.2, -0.15) is 0 Å². The van der Waals surface area contributed by atoms with Crippen molar-refractivity contribution in [1.82, 2.24) is 4.57 Å². The second kappa shape index (κ2) is 5.96. The summed E-state index contributed by atoms with van der Waals surface area (Å²) in [7, 11) is 0. The lowest BCUT2D eigenvalue weighted by Crippen LogP contribution is -2.28. The largest absolute Gasteiger partial charge is 0.366 e. The Morgan fingerprint density at radius 1 is 1.09 bits per heavy atom. The maximum atomic E-state index is 14.2. The van der Waals surface area contributed by atoms with Crippen LogP contribution in [0.2, 0.25) is 0 Å². The van der Waals surface area contributed by atoms with Crippen molar-refractivity contribution in [3.63, 3.8) is 0 Å². The molecule has 0 saturated heterocycles. The van der Waals surface area contributed by atoms with Crippen LogP contribution in [0, 0.1) is 5.82 Å². The average molecular weight is 375 g/mol. The molecule has 3 rings (SSSR count). The number of aromatic nitrogens is 1. The fourth-order valence-corrected chi connectivity index (χ4v) is 3.22. The van der Waals surface area contributed by atoms with Crippen LogP contribution >= 0.6 is 15.9 Å². The molecule has 4 nitrogen and oxygen atoms in total. The molecule has 1 heterocycles. The second-order valence-corrected chi connectivity index (χ2v) is 5.52. The molecule has 1 aromatic heterocycles. The molecule has 0 fully saturated rings. The molecule has 0 radical (unpaired) electrons. The van der Waals surface area contributed by atoms with E-state index in [1.54, 1.807) is 30.3 Å². The first kappa shape index (κ1) is 15.4. The molecular weight excluding hydrogens is 363 g/mol. The zero-order valence-electron chi connectivity index (χ0n) is 11.9. The Bertz CT molecular complexity index is 982. The van der Waals surface area contributed by atoms with Crippen molar-refractivity contribution in [3.8, 4) is 5.69 Å². The topological polar surface area (TPSA) is 65.1 Å². The van der Waals surface area contributed by atoms with Gasteiger partial charge < -0.3 is 5.73 Å². The van der Waals surface area contributed by atoms with E-state index in [9.17, 15) is 14.0 Å². The zero-order chi connectivity index (χ0) is 16.6. The predicted octanol–water partition coefficient (Wildman–Crippen LogP) is 3.12. The van der Waals surface area contributed by atoms with Crippen molar-refractivity contribution < 1.29 is 9.18 Å². The van der Waals surface area contributed by atoms with Gasteiger partial charge in [0, 0.05) is 16.1 Å². The van der Waals surface area contributed by atoms with E-state index in [-0.39, 0.29) is 16.6 Å². The summed E-state index contributed by atoms with van der Waals surface area (Å²) < 4.78 is 15.4. The van der Waals surface area contributed by atoms with Crippen LogP contribution in [0.5, 0.6) is 0 Å². The highest BCUT2D eigenvalue weighted by Gasteiger charge is 2.21. The lowest BCUT2D eigenvalue weighted by atomic mass is 10.0. The van der Waals surface area contributed by atoms with Gasteiger partial charge in [-0.05, 0) is 18.2 Å². The van der Waals surface area contributed by atoms with Crippen LogP contribution in [0.3, 0.4) is 0 Å². The summed E-state index contributed by atoms with van der Waals surface area (Å²) in [5.74, 6) is -1.22. The monoisotopic (exact) mass is 374 g/mol. The molecule has 0 bridgehead atoms. The molecule has 0 atom stereocenters. The van der Waals surface area contributed by atoms with Gasteiger partial charge in [0.15, 0.2) is 0 Å². The van der Waals surface area contributed by atoms with E-state index in [0.29, 0.717) is 16.5 Å². The van der Waals surface area contributed by atoms with Gasteiger partial charge in [0.05, 0.1) is 16.9 Å². The maximum Gasteiger partial charge on any atom is 0.263 e. The molecule has 23 heavy (non-hydrogen) atoms. The molecule has 0 aliphatic carbocycles. The first-order chi connectivity index (χ1) is 11.1. The number of carbonyl (C=O) groups excluding carboxylic acids is 1. The van der Waals surface area contributed by atoms with E-state index in [2.05, 4.69) is 15.9 Å². The molecule has 0 saturated carbocycles. The van der Waals surface area contributed by atoms with Crippen molar-refractivity contribution in [1.29, 1.82) is 0 Å². The van der Waals surface area contributed by atoms with Gasteiger partial charge in [0.2, 0.25) is 0 Å². The third-order valence-corrected chi connectivity index (χ3v) is 4.19. The summed E-state index contributed by atoms with van der Waals surface area (Å²) in [6.45, 7) is 0. The third-order valence-electron chi connectivity index (χ3n) is 3.65. The minimum absolute atomic E-state index is 0.0835. The number of amides is 1. The number of hydrogen-bond donors (Lipinski definition) is 1. The average Bonchev–Trinajstić information content (AvgIpc) is 2.55. The van der Waals surface area contributed by atoms with E-state index in [4.69, 9.17) is 5.73 Å². The normalized spacial score (nSPS) is 10.9. The van der Waals surface area contributed by atoms with Crippen molar-refractivity contribution in [3.05, 3.63) is 76.0 Å². The van der Waals surface area contributed by atoms with Crippen molar-refractivity contribution in [2.45, 2.75) is 5.33 Å². The molecule has 2 N–H and O–H groups in total. The fraction of sp³-hybridized carbons (Fsp3) is 0.0588. The zero-order valence-corrected chi connectivity index (χ0v) is 13.5. The number of carbonyl (C=O) groups is 1. The molecule has 116 valence electrons. The number of pyridine rings is 1.